The fourth-order valence-electron chi connectivity index (χ4n) is 3.33. The predicted molar refractivity (Wildman–Crippen MR) is 127 cm³/mol. The van der Waals surface area contributed by atoms with Crippen molar-refractivity contribution in [1.29, 1.82) is 0 Å². The molecule has 0 radical (unpaired) electrons. The maximum absolute atomic E-state index is 11.9. The molecule has 0 bridgehead atoms. The van der Waals surface area contributed by atoms with Crippen LogP contribution in [0.1, 0.15) is 16.7 Å². The smallest absolute Gasteiger partial charge is 0.272 e. The van der Waals surface area contributed by atoms with Gasteiger partial charge >= 0.3 is 0 Å². The number of ether oxygens (including phenoxy) is 2. The largest absolute Gasteiger partial charge is 0.497 e. The molecule has 0 saturated carbocycles. The molecule has 1 N–H and O–H groups in total. The lowest BCUT2D eigenvalue weighted by molar-refractivity contribution is 0.131. The van der Waals surface area contributed by atoms with Gasteiger partial charge in [-0.25, -0.2) is 0 Å². The highest BCUT2D eigenvalue weighted by Crippen LogP contribution is 2.24. The SMILES string of the molecule is COc1ccc(/C(=N\OCc2ccccc2)c2cccc(Nc3c(OC)c(=O)c3=O)c2)cc1. The molecule has 0 fully saturated rings. The fraction of sp³-hybridized carbons (Fsp3) is 0.115. The number of benzene rings is 3. The van der Waals surface area contributed by atoms with E-state index in [0.29, 0.717) is 18.0 Å². The fourth-order valence-corrected chi connectivity index (χ4v) is 3.33. The molecule has 0 aliphatic heterocycles. The van der Waals surface area contributed by atoms with Crippen LogP contribution in [0, 0.1) is 0 Å². The molecule has 4 aromatic rings. The van der Waals surface area contributed by atoms with Crippen LogP contribution in [0.4, 0.5) is 11.4 Å². The molecule has 0 heterocycles. The van der Waals surface area contributed by atoms with Crippen molar-refractivity contribution in [3.63, 3.8) is 0 Å². The Hall–Kier alpha value is -4.39. The third kappa shape index (κ3) is 4.77. The van der Waals surface area contributed by atoms with E-state index in [4.69, 9.17) is 14.3 Å². The van der Waals surface area contributed by atoms with Gasteiger partial charge in [-0.2, -0.15) is 0 Å². The molecule has 166 valence electrons. The second kappa shape index (κ2) is 9.82. The Labute approximate surface area is 190 Å². The van der Waals surface area contributed by atoms with E-state index in [0.717, 1.165) is 22.4 Å². The standard InChI is InChI=1S/C26H22N2O5/c1-31-21-13-11-18(12-14-21)22(28-33-16-17-7-4-3-5-8-17)19-9-6-10-20(15-19)27-23-24(29)25(30)26(23)32-2/h3-15,27H,16H2,1-2H3/b28-22+. The van der Waals surface area contributed by atoms with E-state index in [9.17, 15) is 9.59 Å². The first-order chi connectivity index (χ1) is 16.1. The van der Waals surface area contributed by atoms with E-state index in [2.05, 4.69) is 10.5 Å². The van der Waals surface area contributed by atoms with Gasteiger partial charge in [-0.1, -0.05) is 47.6 Å². The number of hydrogen-bond donors (Lipinski definition) is 1. The Morgan fingerprint density at radius 2 is 1.58 bits per heavy atom. The number of oxime groups is 1. The molecule has 7 heteroatoms. The summed E-state index contributed by atoms with van der Waals surface area (Å²) in [6.45, 7) is 0.319. The number of methoxy groups -OCH3 is 2. The average Bonchev–Trinajstić information content (AvgIpc) is 2.87. The highest BCUT2D eigenvalue weighted by Gasteiger charge is 2.22. The van der Waals surface area contributed by atoms with Crippen molar-refractivity contribution in [1.82, 2.24) is 0 Å². The lowest BCUT2D eigenvalue weighted by Gasteiger charge is -2.14. The van der Waals surface area contributed by atoms with Gasteiger partial charge in [-0.05, 0) is 42.0 Å². The average molecular weight is 442 g/mol. The molecule has 4 aromatic carbocycles. The van der Waals surface area contributed by atoms with Crippen molar-refractivity contribution < 1.29 is 14.3 Å². The van der Waals surface area contributed by atoms with Crippen LogP contribution in [0.25, 0.3) is 0 Å². The Kier molecular flexibility index (Phi) is 6.50. The van der Waals surface area contributed by atoms with Gasteiger partial charge in [0.1, 0.15) is 23.8 Å². The van der Waals surface area contributed by atoms with Gasteiger partial charge in [0, 0.05) is 16.8 Å². The number of hydrogen-bond acceptors (Lipinski definition) is 7. The van der Waals surface area contributed by atoms with E-state index in [1.807, 2.05) is 72.8 Å². The molecule has 0 atom stereocenters. The summed E-state index contributed by atoms with van der Waals surface area (Å²) in [4.78, 5) is 29.2. The Bertz CT molecular complexity index is 1340. The Morgan fingerprint density at radius 1 is 0.818 bits per heavy atom. The molecule has 0 spiro atoms. The van der Waals surface area contributed by atoms with Crippen molar-refractivity contribution in [3.05, 3.63) is 116 Å². The van der Waals surface area contributed by atoms with Crippen LogP contribution in [0.5, 0.6) is 11.5 Å². The highest BCUT2D eigenvalue weighted by atomic mass is 16.6. The lowest BCUT2D eigenvalue weighted by Crippen LogP contribution is -2.34. The molecule has 4 rings (SSSR count). The topological polar surface area (TPSA) is 86.2 Å². The zero-order valence-corrected chi connectivity index (χ0v) is 18.2. The molecule has 33 heavy (non-hydrogen) atoms. The minimum Gasteiger partial charge on any atom is -0.497 e. The second-order valence-electron chi connectivity index (χ2n) is 7.20. The van der Waals surface area contributed by atoms with Crippen molar-refractivity contribution in [2.24, 2.45) is 5.16 Å². The van der Waals surface area contributed by atoms with Crippen LogP contribution in [-0.4, -0.2) is 19.9 Å². The summed E-state index contributed by atoms with van der Waals surface area (Å²) in [7, 11) is 2.97. The molecule has 0 amide bonds. The van der Waals surface area contributed by atoms with E-state index >= 15 is 0 Å². The minimum atomic E-state index is -0.633. The third-order valence-corrected chi connectivity index (χ3v) is 5.07. The number of rotatable bonds is 9. The molecular weight excluding hydrogens is 420 g/mol. The zero-order valence-electron chi connectivity index (χ0n) is 18.2. The summed E-state index contributed by atoms with van der Waals surface area (Å²) >= 11 is 0. The van der Waals surface area contributed by atoms with E-state index in [1.165, 1.54) is 7.11 Å². The van der Waals surface area contributed by atoms with Crippen molar-refractivity contribution in [2.45, 2.75) is 6.61 Å². The maximum atomic E-state index is 11.9. The molecule has 0 aliphatic rings. The summed E-state index contributed by atoms with van der Waals surface area (Å²) in [5.74, 6) is 0.756. The number of nitrogens with one attached hydrogen (secondary N) is 1. The molecule has 7 nitrogen and oxygen atoms in total. The summed E-state index contributed by atoms with van der Waals surface area (Å²) in [6.07, 6.45) is 0. The summed E-state index contributed by atoms with van der Waals surface area (Å²) in [5, 5.41) is 7.39. The zero-order chi connectivity index (χ0) is 23.2. The van der Waals surface area contributed by atoms with Gasteiger partial charge in [-0.3, -0.25) is 9.59 Å². The first-order valence-corrected chi connectivity index (χ1v) is 10.2. The van der Waals surface area contributed by atoms with E-state index in [1.54, 1.807) is 13.2 Å². The van der Waals surface area contributed by atoms with Crippen LogP contribution >= 0.6 is 0 Å². The molecule has 0 aliphatic carbocycles. The van der Waals surface area contributed by atoms with Crippen molar-refractivity contribution in [3.8, 4) is 11.5 Å². The van der Waals surface area contributed by atoms with Crippen LogP contribution in [-0.2, 0) is 11.4 Å². The normalized spacial score (nSPS) is 11.3. The van der Waals surface area contributed by atoms with Gasteiger partial charge in [0.15, 0.2) is 5.75 Å². The van der Waals surface area contributed by atoms with Crippen molar-refractivity contribution >= 4 is 17.1 Å². The molecule has 0 saturated heterocycles. The quantitative estimate of drug-likeness (QED) is 0.239. The highest BCUT2D eigenvalue weighted by molar-refractivity contribution is 6.13. The maximum Gasteiger partial charge on any atom is 0.272 e. The summed E-state index contributed by atoms with van der Waals surface area (Å²) in [6, 6.07) is 24.6. The van der Waals surface area contributed by atoms with Gasteiger partial charge in [0.25, 0.3) is 10.9 Å². The van der Waals surface area contributed by atoms with Crippen LogP contribution in [0.15, 0.2) is 93.6 Å². The molecular formula is C26H22N2O5. The second-order valence-corrected chi connectivity index (χ2v) is 7.20. The third-order valence-electron chi connectivity index (χ3n) is 5.07. The summed E-state index contributed by atoms with van der Waals surface area (Å²) < 4.78 is 10.3. The lowest BCUT2D eigenvalue weighted by atomic mass is 10.0. The summed E-state index contributed by atoms with van der Waals surface area (Å²) in [5.41, 5.74) is 2.71. The predicted octanol–water partition coefficient (Wildman–Crippen LogP) is 4.01. The van der Waals surface area contributed by atoms with Crippen LogP contribution in [0.2, 0.25) is 0 Å². The van der Waals surface area contributed by atoms with E-state index in [-0.39, 0.29) is 11.4 Å². The van der Waals surface area contributed by atoms with Crippen LogP contribution < -0.4 is 25.6 Å². The van der Waals surface area contributed by atoms with E-state index < -0.39 is 10.9 Å². The Morgan fingerprint density at radius 3 is 2.27 bits per heavy atom. The van der Waals surface area contributed by atoms with Gasteiger partial charge in [0.2, 0.25) is 0 Å². The number of anilines is 2. The number of nitrogens with zero attached hydrogens (tertiary/aromatic N) is 1. The molecule has 0 unspecified atom stereocenters. The Balaban J connectivity index is 1.65. The molecule has 0 aromatic heterocycles. The van der Waals surface area contributed by atoms with Crippen molar-refractivity contribution in [2.75, 3.05) is 19.5 Å². The minimum absolute atomic E-state index is 0.0284. The van der Waals surface area contributed by atoms with Gasteiger partial charge in [-0.15, -0.1) is 0 Å². The van der Waals surface area contributed by atoms with Gasteiger partial charge in [0.05, 0.1) is 14.2 Å². The first kappa shape index (κ1) is 21.8. The first-order valence-electron chi connectivity index (χ1n) is 10.2. The monoisotopic (exact) mass is 442 g/mol. The van der Waals surface area contributed by atoms with Gasteiger partial charge < -0.3 is 19.6 Å². The van der Waals surface area contributed by atoms with Crippen LogP contribution in [0.3, 0.4) is 0 Å².